The molecule has 3 rings (SSSR count). The Bertz CT molecular complexity index is 544. The second-order valence-corrected chi connectivity index (χ2v) is 4.52. The van der Waals surface area contributed by atoms with Gasteiger partial charge < -0.3 is 0 Å². The number of rotatable bonds is 0. The standard InChI is InChI=1S/C15H16/c1-11-10-12-6-2-3-8-14(12)15-9-5-4-7-13(11)15/h3,7-10H,2,4-6H2,1H3. The lowest BCUT2D eigenvalue weighted by Crippen LogP contribution is -2.33. The SMILES string of the molecule is Cc1cc2c(c3c1=CCCC=3)C=CCC2. The molecular formula is C15H16. The largest absolute Gasteiger partial charge is 0.0836 e. The Hall–Kier alpha value is -1.30. The fourth-order valence-corrected chi connectivity index (χ4v) is 2.74. The van der Waals surface area contributed by atoms with Crippen LogP contribution < -0.4 is 10.4 Å². The van der Waals surface area contributed by atoms with E-state index in [9.17, 15) is 0 Å². The number of hydrogen-bond donors (Lipinski definition) is 0. The lowest BCUT2D eigenvalue weighted by atomic mass is 9.90. The van der Waals surface area contributed by atoms with Gasteiger partial charge in [0.1, 0.15) is 0 Å². The molecule has 0 unspecified atom stereocenters. The maximum absolute atomic E-state index is 2.41. The van der Waals surface area contributed by atoms with Crippen LogP contribution in [0.3, 0.4) is 0 Å². The summed E-state index contributed by atoms with van der Waals surface area (Å²) in [6, 6.07) is 2.38. The van der Waals surface area contributed by atoms with Gasteiger partial charge in [0.15, 0.2) is 0 Å². The summed E-state index contributed by atoms with van der Waals surface area (Å²) in [4.78, 5) is 0. The molecule has 0 nitrogen and oxygen atoms in total. The zero-order chi connectivity index (χ0) is 10.3. The fraction of sp³-hybridized carbons (Fsp3) is 0.333. The zero-order valence-corrected chi connectivity index (χ0v) is 9.22. The number of aryl methyl sites for hydroxylation is 2. The zero-order valence-electron chi connectivity index (χ0n) is 9.22. The molecule has 0 amide bonds. The fourth-order valence-electron chi connectivity index (χ4n) is 2.74. The first-order valence-electron chi connectivity index (χ1n) is 5.86. The van der Waals surface area contributed by atoms with Crippen LogP contribution in [0.5, 0.6) is 0 Å². The van der Waals surface area contributed by atoms with Crippen molar-refractivity contribution in [3.63, 3.8) is 0 Å². The van der Waals surface area contributed by atoms with Gasteiger partial charge in [0.25, 0.3) is 0 Å². The van der Waals surface area contributed by atoms with Gasteiger partial charge in [-0.1, -0.05) is 30.4 Å². The van der Waals surface area contributed by atoms with Gasteiger partial charge in [0.05, 0.1) is 0 Å². The van der Waals surface area contributed by atoms with E-state index in [1.165, 1.54) is 47.2 Å². The average molecular weight is 196 g/mol. The molecule has 2 aliphatic carbocycles. The summed E-state index contributed by atoms with van der Waals surface area (Å²) in [6.45, 7) is 2.24. The molecule has 0 spiro atoms. The van der Waals surface area contributed by atoms with Crippen molar-refractivity contribution < 1.29 is 0 Å². The molecule has 0 heteroatoms. The second-order valence-electron chi connectivity index (χ2n) is 4.52. The minimum Gasteiger partial charge on any atom is -0.0836 e. The van der Waals surface area contributed by atoms with Crippen LogP contribution in [0.4, 0.5) is 0 Å². The van der Waals surface area contributed by atoms with E-state index in [1.807, 2.05) is 0 Å². The highest BCUT2D eigenvalue weighted by Crippen LogP contribution is 2.16. The quantitative estimate of drug-likeness (QED) is 0.597. The van der Waals surface area contributed by atoms with E-state index in [-0.39, 0.29) is 0 Å². The van der Waals surface area contributed by atoms with Crippen LogP contribution in [0.25, 0.3) is 18.2 Å². The lowest BCUT2D eigenvalue weighted by molar-refractivity contribution is 0.971. The Morgan fingerprint density at radius 3 is 2.67 bits per heavy atom. The van der Waals surface area contributed by atoms with Gasteiger partial charge in [0.2, 0.25) is 0 Å². The van der Waals surface area contributed by atoms with Crippen LogP contribution in [0.15, 0.2) is 12.1 Å². The maximum Gasteiger partial charge on any atom is -0.0149 e. The van der Waals surface area contributed by atoms with E-state index < -0.39 is 0 Å². The van der Waals surface area contributed by atoms with Crippen molar-refractivity contribution in [1.29, 1.82) is 0 Å². The van der Waals surface area contributed by atoms with Gasteiger partial charge in [-0.2, -0.15) is 0 Å². The van der Waals surface area contributed by atoms with Crippen LogP contribution in [0, 0.1) is 6.92 Å². The molecule has 0 aromatic heterocycles. The molecule has 0 fully saturated rings. The summed E-state index contributed by atoms with van der Waals surface area (Å²) < 4.78 is 0. The van der Waals surface area contributed by atoms with E-state index in [0.29, 0.717) is 0 Å². The average Bonchev–Trinajstić information content (AvgIpc) is 2.30. The van der Waals surface area contributed by atoms with E-state index in [2.05, 4.69) is 37.3 Å². The Morgan fingerprint density at radius 1 is 1.00 bits per heavy atom. The lowest BCUT2D eigenvalue weighted by Gasteiger charge is -2.15. The van der Waals surface area contributed by atoms with Gasteiger partial charge in [-0.25, -0.2) is 0 Å². The molecule has 0 saturated heterocycles. The predicted octanol–water partition coefficient (Wildman–Crippen LogP) is 2.31. The summed E-state index contributed by atoms with van der Waals surface area (Å²) in [7, 11) is 0. The monoisotopic (exact) mass is 196 g/mol. The minimum atomic E-state index is 1.20. The highest BCUT2D eigenvalue weighted by Gasteiger charge is 2.09. The smallest absolute Gasteiger partial charge is 0.0149 e. The first kappa shape index (κ1) is 8.96. The molecule has 1 aromatic rings. The van der Waals surface area contributed by atoms with Crippen LogP contribution in [-0.4, -0.2) is 0 Å². The van der Waals surface area contributed by atoms with Crippen LogP contribution in [-0.2, 0) is 6.42 Å². The summed E-state index contributed by atoms with van der Waals surface area (Å²) in [5.41, 5.74) is 4.48. The van der Waals surface area contributed by atoms with Gasteiger partial charge >= 0.3 is 0 Å². The Labute approximate surface area is 90.6 Å². The highest BCUT2D eigenvalue weighted by molar-refractivity contribution is 5.61. The molecule has 15 heavy (non-hydrogen) atoms. The van der Waals surface area contributed by atoms with E-state index in [0.717, 1.165) is 0 Å². The van der Waals surface area contributed by atoms with Crippen molar-refractivity contribution in [1.82, 2.24) is 0 Å². The summed E-state index contributed by atoms with van der Waals surface area (Å²) in [6.07, 6.45) is 14.3. The normalized spacial score (nSPS) is 17.4. The van der Waals surface area contributed by atoms with Crippen molar-refractivity contribution in [3.05, 3.63) is 39.3 Å². The molecule has 76 valence electrons. The summed E-state index contributed by atoms with van der Waals surface area (Å²) in [5, 5.41) is 2.97. The third kappa shape index (κ3) is 1.36. The number of fused-ring (bicyclic) bond motifs is 3. The first-order valence-corrected chi connectivity index (χ1v) is 5.86. The third-order valence-corrected chi connectivity index (χ3v) is 3.47. The third-order valence-electron chi connectivity index (χ3n) is 3.47. The molecule has 2 aliphatic rings. The molecule has 0 saturated carbocycles. The van der Waals surface area contributed by atoms with Crippen LogP contribution in [0.2, 0.25) is 0 Å². The Kier molecular flexibility index (Phi) is 2.02. The molecule has 0 radical (unpaired) electrons. The molecule has 0 N–H and O–H groups in total. The Balaban J connectivity index is 2.45. The summed E-state index contributed by atoms with van der Waals surface area (Å²) in [5.74, 6) is 0. The summed E-state index contributed by atoms with van der Waals surface area (Å²) >= 11 is 0. The molecule has 1 aromatic carbocycles. The van der Waals surface area contributed by atoms with Crippen molar-refractivity contribution in [2.75, 3.05) is 0 Å². The van der Waals surface area contributed by atoms with Crippen molar-refractivity contribution in [2.24, 2.45) is 0 Å². The molecule has 0 heterocycles. The first-order chi connectivity index (χ1) is 7.36. The van der Waals surface area contributed by atoms with Gasteiger partial charge in [-0.05, 0) is 59.7 Å². The molecule has 0 bridgehead atoms. The van der Waals surface area contributed by atoms with Crippen LogP contribution >= 0.6 is 0 Å². The van der Waals surface area contributed by atoms with Crippen molar-refractivity contribution in [3.8, 4) is 0 Å². The Morgan fingerprint density at radius 2 is 1.80 bits per heavy atom. The highest BCUT2D eigenvalue weighted by atomic mass is 14.1. The van der Waals surface area contributed by atoms with E-state index in [4.69, 9.17) is 0 Å². The molecule has 0 aliphatic heterocycles. The van der Waals surface area contributed by atoms with Gasteiger partial charge in [-0.15, -0.1) is 0 Å². The number of hydrogen-bond acceptors (Lipinski definition) is 0. The van der Waals surface area contributed by atoms with E-state index >= 15 is 0 Å². The van der Waals surface area contributed by atoms with Crippen LogP contribution in [0.1, 0.15) is 36.0 Å². The maximum atomic E-state index is 2.41. The topological polar surface area (TPSA) is 0 Å². The van der Waals surface area contributed by atoms with Crippen molar-refractivity contribution >= 4 is 18.2 Å². The number of allylic oxidation sites excluding steroid dienone is 1. The minimum absolute atomic E-state index is 1.20. The van der Waals surface area contributed by atoms with Crippen molar-refractivity contribution in [2.45, 2.75) is 32.6 Å². The molecule has 0 atom stereocenters. The number of benzene rings is 1. The molecular weight excluding hydrogens is 180 g/mol. The van der Waals surface area contributed by atoms with E-state index in [1.54, 1.807) is 5.56 Å². The van der Waals surface area contributed by atoms with Gasteiger partial charge in [0, 0.05) is 0 Å². The second kappa shape index (κ2) is 3.37. The predicted molar refractivity (Wildman–Crippen MR) is 65.9 cm³/mol. The van der Waals surface area contributed by atoms with Gasteiger partial charge in [-0.3, -0.25) is 0 Å².